The topological polar surface area (TPSA) is 74.2 Å². The maximum absolute atomic E-state index is 12.8. The fourth-order valence-corrected chi connectivity index (χ4v) is 3.70. The molecule has 6 nitrogen and oxygen atoms in total. The van der Waals surface area contributed by atoms with Crippen molar-refractivity contribution in [3.05, 3.63) is 40.6 Å². The Labute approximate surface area is 149 Å². The van der Waals surface area contributed by atoms with Crippen LogP contribution < -0.4 is 5.32 Å². The van der Waals surface area contributed by atoms with E-state index >= 15 is 0 Å². The SMILES string of the molecule is Cc1ccc(CC[C@H](C)NC(=O)N2CCC[C@H]2c2c(C)n[nH]c2C)o1. The van der Waals surface area contributed by atoms with Crippen LogP contribution in [0, 0.1) is 20.8 Å². The Morgan fingerprint density at radius 1 is 1.44 bits per heavy atom. The van der Waals surface area contributed by atoms with Gasteiger partial charge in [0.05, 0.1) is 11.7 Å². The van der Waals surface area contributed by atoms with E-state index in [0.717, 1.165) is 55.1 Å². The number of aromatic amines is 1. The molecule has 0 saturated carbocycles. The van der Waals surface area contributed by atoms with Gasteiger partial charge in [-0.3, -0.25) is 5.10 Å². The van der Waals surface area contributed by atoms with Gasteiger partial charge in [0.25, 0.3) is 0 Å². The van der Waals surface area contributed by atoms with Crippen molar-refractivity contribution in [2.75, 3.05) is 6.54 Å². The van der Waals surface area contributed by atoms with Crippen LogP contribution in [0.4, 0.5) is 4.79 Å². The fourth-order valence-electron chi connectivity index (χ4n) is 3.70. The Morgan fingerprint density at radius 2 is 2.24 bits per heavy atom. The number of H-pyrrole nitrogens is 1. The molecule has 1 saturated heterocycles. The molecule has 25 heavy (non-hydrogen) atoms. The van der Waals surface area contributed by atoms with E-state index in [2.05, 4.69) is 15.5 Å². The highest BCUT2D eigenvalue weighted by Gasteiger charge is 2.33. The lowest BCUT2D eigenvalue weighted by atomic mass is 10.0. The normalized spacial score (nSPS) is 18.6. The minimum Gasteiger partial charge on any atom is -0.466 e. The second-order valence-electron chi connectivity index (χ2n) is 7.10. The largest absolute Gasteiger partial charge is 0.466 e. The summed E-state index contributed by atoms with van der Waals surface area (Å²) >= 11 is 0. The quantitative estimate of drug-likeness (QED) is 0.866. The summed E-state index contributed by atoms with van der Waals surface area (Å²) in [6.07, 6.45) is 3.72. The van der Waals surface area contributed by atoms with Crippen molar-refractivity contribution in [2.45, 2.75) is 65.5 Å². The number of likely N-dealkylation sites (tertiary alicyclic amines) is 1. The number of aryl methyl sites for hydroxylation is 4. The molecule has 1 fully saturated rings. The number of urea groups is 1. The molecule has 3 rings (SSSR count). The first-order chi connectivity index (χ1) is 12.0. The van der Waals surface area contributed by atoms with Crippen LogP contribution in [0.1, 0.15) is 60.7 Å². The molecule has 0 aliphatic carbocycles. The van der Waals surface area contributed by atoms with Crippen molar-refractivity contribution in [2.24, 2.45) is 0 Å². The van der Waals surface area contributed by atoms with E-state index in [1.807, 2.05) is 44.7 Å². The van der Waals surface area contributed by atoms with Gasteiger partial charge in [-0.2, -0.15) is 5.10 Å². The lowest BCUT2D eigenvalue weighted by molar-refractivity contribution is 0.188. The average molecular weight is 344 g/mol. The number of rotatable bonds is 5. The van der Waals surface area contributed by atoms with E-state index in [0.29, 0.717) is 0 Å². The highest BCUT2D eigenvalue weighted by atomic mass is 16.3. The first-order valence-electron chi connectivity index (χ1n) is 9.09. The second kappa shape index (κ2) is 7.33. The smallest absolute Gasteiger partial charge is 0.318 e. The number of nitrogens with zero attached hydrogens (tertiary/aromatic N) is 2. The van der Waals surface area contributed by atoms with Gasteiger partial charge in [0.2, 0.25) is 0 Å². The highest BCUT2D eigenvalue weighted by molar-refractivity contribution is 5.75. The zero-order valence-electron chi connectivity index (χ0n) is 15.6. The molecule has 2 N–H and O–H groups in total. The summed E-state index contributed by atoms with van der Waals surface area (Å²) in [7, 11) is 0. The summed E-state index contributed by atoms with van der Waals surface area (Å²) in [4.78, 5) is 14.7. The molecule has 1 aliphatic heterocycles. The predicted molar refractivity (Wildman–Crippen MR) is 96.5 cm³/mol. The van der Waals surface area contributed by atoms with Crippen molar-refractivity contribution in [3.63, 3.8) is 0 Å². The zero-order chi connectivity index (χ0) is 18.0. The number of aromatic nitrogens is 2. The van der Waals surface area contributed by atoms with Crippen LogP contribution in [0.3, 0.4) is 0 Å². The minimum atomic E-state index is 0.0191. The van der Waals surface area contributed by atoms with Crippen LogP contribution >= 0.6 is 0 Å². The lowest BCUT2D eigenvalue weighted by Gasteiger charge is -2.27. The minimum absolute atomic E-state index is 0.0191. The second-order valence-corrected chi connectivity index (χ2v) is 7.10. The molecule has 6 heteroatoms. The summed E-state index contributed by atoms with van der Waals surface area (Å²) in [5, 5.41) is 10.5. The predicted octanol–water partition coefficient (Wildman–Crippen LogP) is 3.80. The van der Waals surface area contributed by atoms with Gasteiger partial charge < -0.3 is 14.6 Å². The number of amides is 2. The maximum atomic E-state index is 12.8. The summed E-state index contributed by atoms with van der Waals surface area (Å²) in [5.41, 5.74) is 3.22. The molecule has 0 radical (unpaired) electrons. The third-order valence-corrected chi connectivity index (χ3v) is 5.02. The number of furan rings is 1. The van der Waals surface area contributed by atoms with E-state index in [1.54, 1.807) is 0 Å². The fraction of sp³-hybridized carbons (Fsp3) is 0.579. The molecule has 2 aromatic heterocycles. The van der Waals surface area contributed by atoms with Crippen LogP contribution in [0.2, 0.25) is 0 Å². The van der Waals surface area contributed by atoms with Crippen LogP contribution in [0.15, 0.2) is 16.5 Å². The molecule has 2 amide bonds. The molecule has 3 heterocycles. The molecule has 0 bridgehead atoms. The molecule has 136 valence electrons. The highest BCUT2D eigenvalue weighted by Crippen LogP contribution is 2.34. The number of hydrogen-bond donors (Lipinski definition) is 2. The van der Waals surface area contributed by atoms with Gasteiger partial charge in [0.15, 0.2) is 0 Å². The Kier molecular flexibility index (Phi) is 5.16. The first-order valence-corrected chi connectivity index (χ1v) is 9.09. The van der Waals surface area contributed by atoms with Crippen molar-refractivity contribution in [1.82, 2.24) is 20.4 Å². The van der Waals surface area contributed by atoms with Crippen molar-refractivity contribution in [3.8, 4) is 0 Å². The van der Waals surface area contributed by atoms with Gasteiger partial charge in [-0.25, -0.2) is 4.79 Å². The third-order valence-electron chi connectivity index (χ3n) is 5.02. The number of carbonyl (C=O) groups is 1. The number of carbonyl (C=O) groups excluding carboxylic acids is 1. The molecule has 2 aromatic rings. The maximum Gasteiger partial charge on any atom is 0.318 e. The Balaban J connectivity index is 1.58. The Bertz CT molecular complexity index is 714. The van der Waals surface area contributed by atoms with Gasteiger partial charge in [-0.15, -0.1) is 0 Å². The van der Waals surface area contributed by atoms with E-state index in [1.165, 1.54) is 5.56 Å². The standard InChI is InChI=1S/C19H28N4O2/c1-12(7-9-16-10-8-13(2)25-16)20-19(24)23-11-5-6-17(23)18-14(3)21-22-15(18)4/h8,10,12,17H,5-7,9,11H2,1-4H3,(H,20,24)(H,21,22)/t12-,17-/m0/s1. The van der Waals surface area contributed by atoms with Gasteiger partial charge in [-0.05, 0) is 59.1 Å². The summed E-state index contributed by atoms with van der Waals surface area (Å²) in [6, 6.07) is 4.23. The molecular formula is C19H28N4O2. The Hall–Kier alpha value is -2.24. The monoisotopic (exact) mass is 344 g/mol. The molecule has 0 aromatic carbocycles. The van der Waals surface area contributed by atoms with Crippen molar-refractivity contribution < 1.29 is 9.21 Å². The number of hydrogen-bond acceptors (Lipinski definition) is 3. The van der Waals surface area contributed by atoms with E-state index < -0.39 is 0 Å². The summed E-state index contributed by atoms with van der Waals surface area (Å²) in [6.45, 7) is 8.82. The van der Waals surface area contributed by atoms with Gasteiger partial charge in [0.1, 0.15) is 11.5 Å². The summed E-state index contributed by atoms with van der Waals surface area (Å²) < 4.78 is 5.60. The zero-order valence-corrected chi connectivity index (χ0v) is 15.6. The van der Waals surface area contributed by atoms with Gasteiger partial charge >= 0.3 is 6.03 Å². The molecule has 1 aliphatic rings. The third kappa shape index (κ3) is 3.89. The van der Waals surface area contributed by atoms with E-state index in [9.17, 15) is 4.79 Å². The van der Waals surface area contributed by atoms with Crippen LogP contribution in [0.25, 0.3) is 0 Å². The first kappa shape index (κ1) is 17.6. The van der Waals surface area contributed by atoms with E-state index in [-0.39, 0.29) is 18.1 Å². The molecular weight excluding hydrogens is 316 g/mol. The van der Waals surface area contributed by atoms with Crippen LogP contribution in [0.5, 0.6) is 0 Å². The number of nitrogens with one attached hydrogen (secondary N) is 2. The van der Waals surface area contributed by atoms with Crippen molar-refractivity contribution >= 4 is 6.03 Å². The van der Waals surface area contributed by atoms with Gasteiger partial charge in [0, 0.05) is 30.3 Å². The molecule has 2 atom stereocenters. The van der Waals surface area contributed by atoms with Gasteiger partial charge in [-0.1, -0.05) is 0 Å². The summed E-state index contributed by atoms with van der Waals surface area (Å²) in [5.74, 6) is 1.90. The van der Waals surface area contributed by atoms with Crippen LogP contribution in [-0.2, 0) is 6.42 Å². The van der Waals surface area contributed by atoms with Crippen LogP contribution in [-0.4, -0.2) is 33.7 Å². The van der Waals surface area contributed by atoms with Crippen molar-refractivity contribution in [1.29, 1.82) is 0 Å². The lowest BCUT2D eigenvalue weighted by Crippen LogP contribution is -2.43. The average Bonchev–Trinajstić information content (AvgIpc) is 3.26. The van der Waals surface area contributed by atoms with E-state index in [4.69, 9.17) is 4.42 Å². The Morgan fingerprint density at radius 3 is 2.88 bits per heavy atom. The molecule has 0 unspecified atom stereocenters. The molecule has 0 spiro atoms.